The van der Waals surface area contributed by atoms with Crippen LogP contribution >= 0.6 is 11.8 Å². The molecule has 0 aliphatic rings. The Labute approximate surface area is 121 Å². The molecule has 3 N–H and O–H groups in total. The molecule has 0 aliphatic carbocycles. The number of halogens is 3. The highest BCUT2D eigenvalue weighted by Gasteiger charge is 2.29. The van der Waals surface area contributed by atoms with E-state index < -0.39 is 11.7 Å². The average Bonchev–Trinajstić information content (AvgIpc) is 2.81. The molecular formula is C11H10F3N5OS. The van der Waals surface area contributed by atoms with E-state index in [0.717, 1.165) is 28.6 Å². The van der Waals surface area contributed by atoms with Gasteiger partial charge >= 0.3 is 6.18 Å². The van der Waals surface area contributed by atoms with E-state index >= 15 is 0 Å². The fourth-order valence-corrected chi connectivity index (χ4v) is 2.04. The van der Waals surface area contributed by atoms with E-state index in [1.165, 1.54) is 18.5 Å². The van der Waals surface area contributed by atoms with Crippen molar-refractivity contribution in [3.8, 4) is 0 Å². The number of rotatable bonds is 4. The third kappa shape index (κ3) is 4.12. The molecule has 0 atom stereocenters. The molecule has 10 heteroatoms. The van der Waals surface area contributed by atoms with E-state index in [4.69, 9.17) is 5.84 Å². The summed E-state index contributed by atoms with van der Waals surface area (Å²) in [7, 11) is 0. The van der Waals surface area contributed by atoms with Crippen molar-refractivity contribution in [2.45, 2.75) is 11.3 Å². The molecule has 1 heterocycles. The van der Waals surface area contributed by atoms with E-state index in [1.807, 2.05) is 0 Å². The number of amides is 1. The number of benzene rings is 1. The zero-order valence-electron chi connectivity index (χ0n) is 10.5. The Morgan fingerprint density at radius 3 is 2.52 bits per heavy atom. The summed E-state index contributed by atoms with van der Waals surface area (Å²) >= 11 is 1.06. The number of anilines is 1. The summed E-state index contributed by atoms with van der Waals surface area (Å²) in [5.41, 5.74) is -0.492. The Hall–Kier alpha value is -2.23. The zero-order chi connectivity index (χ0) is 15.5. The minimum Gasteiger partial charge on any atom is -0.336 e. The molecule has 0 fully saturated rings. The summed E-state index contributed by atoms with van der Waals surface area (Å²) in [5, 5.41) is 10.1. The van der Waals surface area contributed by atoms with Gasteiger partial charge in [0.2, 0.25) is 11.1 Å². The standard InChI is InChI=1S/C11H10F3N5OS/c12-11(13,14)7-1-3-8(4-2-7)17-9(20)5-21-10-18-16-6-19(10)15/h1-4,6H,5,15H2,(H,17,20). The number of nitrogens with one attached hydrogen (secondary N) is 1. The van der Waals surface area contributed by atoms with E-state index in [-0.39, 0.29) is 17.3 Å². The van der Waals surface area contributed by atoms with Gasteiger partial charge in [0.1, 0.15) is 6.33 Å². The lowest BCUT2D eigenvalue weighted by Gasteiger charge is -2.08. The van der Waals surface area contributed by atoms with Crippen molar-refractivity contribution in [3.63, 3.8) is 0 Å². The second-order valence-corrected chi connectivity index (χ2v) is 4.88. The average molecular weight is 317 g/mol. The maximum Gasteiger partial charge on any atom is 0.416 e. The number of aromatic nitrogens is 3. The van der Waals surface area contributed by atoms with Gasteiger partial charge in [-0.05, 0) is 24.3 Å². The monoisotopic (exact) mass is 317 g/mol. The van der Waals surface area contributed by atoms with Crippen LogP contribution in [0.4, 0.5) is 18.9 Å². The molecule has 0 aliphatic heterocycles. The highest BCUT2D eigenvalue weighted by atomic mass is 32.2. The first kappa shape index (κ1) is 15.2. The number of thioether (sulfide) groups is 1. The molecule has 2 aromatic rings. The van der Waals surface area contributed by atoms with Crippen molar-refractivity contribution in [1.82, 2.24) is 14.9 Å². The smallest absolute Gasteiger partial charge is 0.336 e. The van der Waals surface area contributed by atoms with Crippen molar-refractivity contribution in [2.75, 3.05) is 16.9 Å². The number of carbonyl (C=O) groups excluding carboxylic acids is 1. The lowest BCUT2D eigenvalue weighted by Crippen LogP contribution is -2.16. The van der Waals surface area contributed by atoms with E-state index in [1.54, 1.807) is 0 Å². The number of nitrogen functional groups attached to an aromatic ring is 1. The van der Waals surface area contributed by atoms with Crippen LogP contribution in [0.25, 0.3) is 0 Å². The van der Waals surface area contributed by atoms with Crippen LogP contribution in [0.3, 0.4) is 0 Å². The topological polar surface area (TPSA) is 85.8 Å². The maximum atomic E-state index is 12.4. The van der Waals surface area contributed by atoms with E-state index in [2.05, 4.69) is 15.5 Å². The number of nitrogens with zero attached hydrogens (tertiary/aromatic N) is 3. The van der Waals surface area contributed by atoms with Gasteiger partial charge in [-0.15, -0.1) is 10.2 Å². The largest absolute Gasteiger partial charge is 0.416 e. The Kier molecular flexibility index (Phi) is 4.36. The van der Waals surface area contributed by atoms with Gasteiger partial charge in [0.05, 0.1) is 11.3 Å². The molecule has 1 amide bonds. The molecule has 0 bridgehead atoms. The molecule has 0 radical (unpaired) electrons. The van der Waals surface area contributed by atoms with Gasteiger partial charge in [-0.3, -0.25) is 4.79 Å². The molecule has 0 spiro atoms. The third-order valence-electron chi connectivity index (χ3n) is 2.37. The Morgan fingerprint density at radius 1 is 1.33 bits per heavy atom. The van der Waals surface area contributed by atoms with Crippen LogP contribution in [0, 0.1) is 0 Å². The van der Waals surface area contributed by atoms with Gasteiger partial charge in [0.25, 0.3) is 0 Å². The quantitative estimate of drug-likeness (QED) is 0.663. The second kappa shape index (κ2) is 6.04. The van der Waals surface area contributed by atoms with Gasteiger partial charge < -0.3 is 11.2 Å². The highest BCUT2D eigenvalue weighted by molar-refractivity contribution is 7.99. The molecule has 6 nitrogen and oxygen atoms in total. The number of alkyl halides is 3. The maximum absolute atomic E-state index is 12.4. The number of nitrogens with two attached hydrogens (primary N) is 1. The first-order chi connectivity index (χ1) is 9.86. The minimum atomic E-state index is -4.40. The van der Waals surface area contributed by atoms with Gasteiger partial charge in [0, 0.05) is 5.69 Å². The van der Waals surface area contributed by atoms with Crippen LogP contribution in [0.5, 0.6) is 0 Å². The molecular weight excluding hydrogens is 307 g/mol. The Balaban J connectivity index is 1.89. The first-order valence-corrected chi connectivity index (χ1v) is 6.60. The molecule has 1 aromatic carbocycles. The molecule has 21 heavy (non-hydrogen) atoms. The molecule has 2 rings (SSSR count). The number of hydrogen-bond donors (Lipinski definition) is 2. The lowest BCUT2D eigenvalue weighted by atomic mass is 10.2. The molecule has 0 saturated heterocycles. The van der Waals surface area contributed by atoms with Crippen LogP contribution < -0.4 is 11.2 Å². The van der Waals surface area contributed by atoms with E-state index in [9.17, 15) is 18.0 Å². The van der Waals surface area contributed by atoms with Crippen molar-refractivity contribution in [3.05, 3.63) is 36.2 Å². The van der Waals surface area contributed by atoms with Gasteiger partial charge in [-0.2, -0.15) is 13.2 Å². The Bertz CT molecular complexity index is 626. The SMILES string of the molecule is Nn1cnnc1SCC(=O)Nc1ccc(C(F)(F)F)cc1. The first-order valence-electron chi connectivity index (χ1n) is 5.61. The van der Waals surface area contributed by atoms with Crippen LogP contribution in [-0.2, 0) is 11.0 Å². The molecule has 112 valence electrons. The Morgan fingerprint density at radius 2 is 2.00 bits per heavy atom. The van der Waals surface area contributed by atoms with Crippen LogP contribution in [0.2, 0.25) is 0 Å². The van der Waals surface area contributed by atoms with Gasteiger partial charge in [0.15, 0.2) is 0 Å². The van der Waals surface area contributed by atoms with Crippen LogP contribution in [0.15, 0.2) is 35.7 Å². The number of hydrogen-bond acceptors (Lipinski definition) is 5. The van der Waals surface area contributed by atoms with Crippen LogP contribution in [0.1, 0.15) is 5.56 Å². The summed E-state index contributed by atoms with van der Waals surface area (Å²) in [4.78, 5) is 11.6. The fourth-order valence-electron chi connectivity index (χ4n) is 1.40. The summed E-state index contributed by atoms with van der Waals surface area (Å²) in [6, 6.07) is 4.19. The molecule has 0 unspecified atom stereocenters. The van der Waals surface area contributed by atoms with Gasteiger partial charge in [-0.25, -0.2) is 4.68 Å². The zero-order valence-corrected chi connectivity index (χ0v) is 11.3. The van der Waals surface area contributed by atoms with Crippen molar-refractivity contribution >= 4 is 23.4 Å². The third-order valence-corrected chi connectivity index (χ3v) is 3.33. The predicted molar refractivity (Wildman–Crippen MR) is 71.0 cm³/mol. The van der Waals surface area contributed by atoms with Crippen molar-refractivity contribution in [1.29, 1.82) is 0 Å². The summed E-state index contributed by atoms with van der Waals surface area (Å²) in [6.45, 7) is 0. The molecule has 0 saturated carbocycles. The van der Waals surface area contributed by atoms with E-state index in [0.29, 0.717) is 5.16 Å². The fraction of sp³-hybridized carbons (Fsp3) is 0.182. The van der Waals surface area contributed by atoms with Crippen molar-refractivity contribution in [2.24, 2.45) is 0 Å². The van der Waals surface area contributed by atoms with Crippen LogP contribution in [-0.4, -0.2) is 26.5 Å². The number of carbonyl (C=O) groups is 1. The normalized spacial score (nSPS) is 11.4. The second-order valence-electron chi connectivity index (χ2n) is 3.93. The summed E-state index contributed by atoms with van der Waals surface area (Å²) in [6.07, 6.45) is -3.11. The van der Waals surface area contributed by atoms with Gasteiger partial charge in [-0.1, -0.05) is 11.8 Å². The lowest BCUT2D eigenvalue weighted by molar-refractivity contribution is -0.137. The highest BCUT2D eigenvalue weighted by Crippen LogP contribution is 2.29. The molecule has 1 aromatic heterocycles. The minimum absolute atomic E-state index is 0.0108. The summed E-state index contributed by atoms with van der Waals surface area (Å²) in [5.74, 6) is 5.09. The predicted octanol–water partition coefficient (Wildman–Crippen LogP) is 1.74. The summed E-state index contributed by atoms with van der Waals surface area (Å²) < 4.78 is 38.3. The van der Waals surface area contributed by atoms with Crippen molar-refractivity contribution < 1.29 is 18.0 Å².